The van der Waals surface area contributed by atoms with Crippen LogP contribution in [0.1, 0.15) is 37.3 Å². The molecule has 148 valence electrons. The van der Waals surface area contributed by atoms with E-state index in [-0.39, 0.29) is 19.1 Å². The Morgan fingerprint density at radius 2 is 2.07 bits per heavy atom. The second-order valence-corrected chi connectivity index (χ2v) is 7.45. The first-order chi connectivity index (χ1) is 13.5. The topological polar surface area (TPSA) is 64.6 Å². The van der Waals surface area contributed by atoms with E-state index >= 15 is 0 Å². The van der Waals surface area contributed by atoms with Gasteiger partial charge in [0, 0.05) is 10.7 Å². The Labute approximate surface area is 170 Å². The molecule has 1 heterocycles. The quantitative estimate of drug-likeness (QED) is 0.719. The Hall–Kier alpha value is -2.53. The van der Waals surface area contributed by atoms with Crippen LogP contribution in [0.2, 0.25) is 5.02 Å². The molecule has 0 unspecified atom stereocenters. The highest BCUT2D eigenvalue weighted by Gasteiger charge is 2.28. The molecule has 0 saturated carbocycles. The Morgan fingerprint density at radius 3 is 2.86 bits per heavy atom. The van der Waals surface area contributed by atoms with E-state index in [1.54, 1.807) is 18.2 Å². The highest BCUT2D eigenvalue weighted by molar-refractivity contribution is 6.30. The van der Waals surface area contributed by atoms with Crippen molar-refractivity contribution < 1.29 is 19.1 Å². The van der Waals surface area contributed by atoms with Crippen LogP contribution in [0, 0.1) is 5.92 Å². The monoisotopic (exact) mass is 401 g/mol. The minimum Gasteiger partial charge on any atom is -0.492 e. The molecule has 0 radical (unpaired) electrons. The van der Waals surface area contributed by atoms with Gasteiger partial charge in [-0.1, -0.05) is 43.6 Å². The number of rotatable bonds is 6. The van der Waals surface area contributed by atoms with Crippen molar-refractivity contribution in [3.63, 3.8) is 0 Å². The number of benzene rings is 2. The smallest absolute Gasteiger partial charge is 0.313 e. The molecule has 0 bridgehead atoms. The van der Waals surface area contributed by atoms with Gasteiger partial charge in [-0.25, -0.2) is 0 Å². The molecule has 3 rings (SSSR count). The summed E-state index contributed by atoms with van der Waals surface area (Å²) in [5.74, 6) is -0.204. The molecule has 1 N–H and O–H groups in total. The number of anilines is 1. The molecule has 1 amide bonds. The molecule has 28 heavy (non-hydrogen) atoms. The van der Waals surface area contributed by atoms with Gasteiger partial charge in [-0.2, -0.15) is 0 Å². The number of hydrogen-bond acceptors (Lipinski definition) is 4. The molecule has 0 aliphatic carbocycles. The van der Waals surface area contributed by atoms with Crippen LogP contribution in [-0.4, -0.2) is 25.1 Å². The van der Waals surface area contributed by atoms with Crippen LogP contribution >= 0.6 is 11.6 Å². The molecular weight excluding hydrogens is 378 g/mol. The molecule has 0 spiro atoms. The summed E-state index contributed by atoms with van der Waals surface area (Å²) in [5.41, 5.74) is 2.69. The standard InChI is InChI=1S/C22H24ClNO4/c1-3-14(2)18-6-4-5-7-19(18)24-21(25)13-28-22(26)16-10-15-11-17(23)8-9-20(15)27-12-16/h4-9,11,14,16H,3,10,12-13H2,1-2H3,(H,24,25)/t14-,16+/m1/s1. The largest absolute Gasteiger partial charge is 0.492 e. The lowest BCUT2D eigenvalue weighted by molar-refractivity contribution is -0.152. The van der Waals surface area contributed by atoms with E-state index in [0.29, 0.717) is 17.4 Å². The third-order valence-electron chi connectivity index (χ3n) is 4.99. The Morgan fingerprint density at radius 1 is 1.29 bits per heavy atom. The predicted molar refractivity (Wildman–Crippen MR) is 109 cm³/mol. The lowest BCUT2D eigenvalue weighted by Gasteiger charge is -2.24. The van der Waals surface area contributed by atoms with Gasteiger partial charge in [-0.05, 0) is 54.2 Å². The molecule has 5 nitrogen and oxygen atoms in total. The van der Waals surface area contributed by atoms with Crippen molar-refractivity contribution in [3.05, 3.63) is 58.6 Å². The van der Waals surface area contributed by atoms with E-state index in [4.69, 9.17) is 21.1 Å². The first kappa shape index (κ1) is 20.2. The van der Waals surface area contributed by atoms with Crippen LogP contribution < -0.4 is 10.1 Å². The van der Waals surface area contributed by atoms with Crippen LogP contribution in [0.15, 0.2) is 42.5 Å². The van der Waals surface area contributed by atoms with Gasteiger partial charge in [0.15, 0.2) is 6.61 Å². The van der Waals surface area contributed by atoms with Crippen molar-refractivity contribution in [2.45, 2.75) is 32.6 Å². The second kappa shape index (κ2) is 9.11. The SMILES string of the molecule is CC[C@@H](C)c1ccccc1NC(=O)COC(=O)[C@@H]1COc2ccc(Cl)cc2C1. The van der Waals surface area contributed by atoms with E-state index in [1.807, 2.05) is 24.3 Å². The number of amides is 1. The number of halogens is 1. The summed E-state index contributed by atoms with van der Waals surface area (Å²) in [4.78, 5) is 24.6. The number of esters is 1. The molecule has 2 aromatic carbocycles. The lowest BCUT2D eigenvalue weighted by atomic mass is 9.97. The van der Waals surface area contributed by atoms with Gasteiger partial charge in [0.1, 0.15) is 12.4 Å². The van der Waals surface area contributed by atoms with E-state index in [9.17, 15) is 9.59 Å². The molecule has 1 aliphatic rings. The van der Waals surface area contributed by atoms with Crippen molar-refractivity contribution >= 4 is 29.2 Å². The van der Waals surface area contributed by atoms with Crippen molar-refractivity contribution in [1.29, 1.82) is 0 Å². The summed E-state index contributed by atoms with van der Waals surface area (Å²) in [6.45, 7) is 4.11. The van der Waals surface area contributed by atoms with Gasteiger partial charge >= 0.3 is 5.97 Å². The first-order valence-electron chi connectivity index (χ1n) is 9.44. The summed E-state index contributed by atoms with van der Waals surface area (Å²) in [5, 5.41) is 3.44. The third-order valence-corrected chi connectivity index (χ3v) is 5.22. The zero-order chi connectivity index (χ0) is 20.1. The Balaban J connectivity index is 1.55. The van der Waals surface area contributed by atoms with Crippen LogP contribution in [0.4, 0.5) is 5.69 Å². The van der Waals surface area contributed by atoms with E-state index in [2.05, 4.69) is 19.2 Å². The van der Waals surface area contributed by atoms with Crippen molar-refractivity contribution in [2.75, 3.05) is 18.5 Å². The number of carbonyl (C=O) groups is 2. The van der Waals surface area contributed by atoms with Gasteiger partial charge in [0.05, 0.1) is 5.92 Å². The predicted octanol–water partition coefficient (Wildman–Crippen LogP) is 4.59. The fourth-order valence-electron chi connectivity index (χ4n) is 3.22. The minimum absolute atomic E-state index is 0.228. The molecule has 0 saturated heterocycles. The maximum Gasteiger partial charge on any atom is 0.313 e. The first-order valence-corrected chi connectivity index (χ1v) is 9.82. The molecule has 0 fully saturated rings. The number of carbonyl (C=O) groups excluding carboxylic acids is 2. The maximum absolute atomic E-state index is 12.4. The van der Waals surface area contributed by atoms with Gasteiger partial charge in [-0.3, -0.25) is 9.59 Å². The molecule has 6 heteroatoms. The summed E-state index contributed by atoms with van der Waals surface area (Å²) in [7, 11) is 0. The number of para-hydroxylation sites is 1. The van der Waals surface area contributed by atoms with E-state index in [1.165, 1.54) is 0 Å². The van der Waals surface area contributed by atoms with Crippen LogP contribution in [0.5, 0.6) is 5.75 Å². The summed E-state index contributed by atoms with van der Waals surface area (Å²) >= 11 is 6.00. The molecule has 2 atom stereocenters. The molecule has 1 aliphatic heterocycles. The Bertz CT molecular complexity index is 867. The third kappa shape index (κ3) is 4.84. The van der Waals surface area contributed by atoms with Crippen molar-refractivity contribution in [1.82, 2.24) is 0 Å². The Kier molecular flexibility index (Phi) is 6.57. The van der Waals surface area contributed by atoms with Gasteiger partial charge < -0.3 is 14.8 Å². The van der Waals surface area contributed by atoms with Crippen LogP contribution in [-0.2, 0) is 20.7 Å². The minimum atomic E-state index is -0.453. The normalized spacial score (nSPS) is 16.5. The van der Waals surface area contributed by atoms with Crippen molar-refractivity contribution in [3.8, 4) is 5.75 Å². The fraction of sp³-hybridized carbons (Fsp3) is 0.364. The zero-order valence-corrected chi connectivity index (χ0v) is 16.8. The van der Waals surface area contributed by atoms with Gasteiger partial charge in [0.25, 0.3) is 5.91 Å². The average Bonchev–Trinajstić information content (AvgIpc) is 2.71. The second-order valence-electron chi connectivity index (χ2n) is 7.02. The van der Waals surface area contributed by atoms with E-state index < -0.39 is 11.9 Å². The van der Waals surface area contributed by atoms with Gasteiger partial charge in [-0.15, -0.1) is 0 Å². The maximum atomic E-state index is 12.4. The fourth-order valence-corrected chi connectivity index (χ4v) is 3.41. The van der Waals surface area contributed by atoms with Crippen LogP contribution in [0.25, 0.3) is 0 Å². The average molecular weight is 402 g/mol. The lowest BCUT2D eigenvalue weighted by Crippen LogP contribution is -2.32. The van der Waals surface area contributed by atoms with Gasteiger partial charge in [0.2, 0.25) is 0 Å². The van der Waals surface area contributed by atoms with Crippen molar-refractivity contribution in [2.24, 2.45) is 5.92 Å². The summed E-state index contributed by atoms with van der Waals surface area (Å²) in [6.07, 6.45) is 1.45. The highest BCUT2D eigenvalue weighted by Crippen LogP contribution is 2.30. The van der Waals surface area contributed by atoms with E-state index in [0.717, 1.165) is 29.0 Å². The molecule has 2 aromatic rings. The number of hydrogen-bond donors (Lipinski definition) is 1. The summed E-state index contributed by atoms with van der Waals surface area (Å²) in [6, 6.07) is 13.0. The number of nitrogens with one attached hydrogen (secondary N) is 1. The molecule has 0 aromatic heterocycles. The zero-order valence-electron chi connectivity index (χ0n) is 16.0. The molecular formula is C22H24ClNO4. The van der Waals surface area contributed by atoms with Crippen LogP contribution in [0.3, 0.4) is 0 Å². The summed E-state index contributed by atoms with van der Waals surface area (Å²) < 4.78 is 10.8. The number of ether oxygens (including phenoxy) is 2. The highest BCUT2D eigenvalue weighted by atomic mass is 35.5. The number of fused-ring (bicyclic) bond motifs is 1.